The fourth-order valence-electron chi connectivity index (χ4n) is 2.82. The second kappa shape index (κ2) is 7.70. The fourth-order valence-corrected chi connectivity index (χ4v) is 2.82. The highest BCUT2D eigenvalue weighted by atomic mass is 16.5. The number of ether oxygens (including phenoxy) is 1. The number of nitrogens with one attached hydrogen (secondary N) is 1. The van der Waals surface area contributed by atoms with Crippen LogP contribution in [0.1, 0.15) is 26.7 Å². The molecule has 2 fully saturated rings. The molecular weight excluding hydrogens is 240 g/mol. The van der Waals surface area contributed by atoms with Crippen LogP contribution in [0.15, 0.2) is 4.99 Å². The average molecular weight is 268 g/mol. The lowest BCUT2D eigenvalue weighted by Crippen LogP contribution is -2.46. The van der Waals surface area contributed by atoms with E-state index >= 15 is 0 Å². The molecule has 1 N–H and O–H groups in total. The zero-order valence-electron chi connectivity index (χ0n) is 12.4. The van der Waals surface area contributed by atoms with Crippen molar-refractivity contribution < 1.29 is 4.74 Å². The summed E-state index contributed by atoms with van der Waals surface area (Å²) < 4.78 is 5.43. The van der Waals surface area contributed by atoms with Gasteiger partial charge in [0.05, 0.1) is 13.2 Å². The van der Waals surface area contributed by atoms with Crippen LogP contribution in [0.25, 0.3) is 0 Å². The molecule has 2 aliphatic rings. The predicted molar refractivity (Wildman–Crippen MR) is 78.6 cm³/mol. The van der Waals surface area contributed by atoms with Gasteiger partial charge in [0.25, 0.3) is 0 Å². The third-order valence-corrected chi connectivity index (χ3v) is 3.85. The van der Waals surface area contributed by atoms with Gasteiger partial charge in [-0.05, 0) is 19.8 Å². The molecule has 2 saturated heterocycles. The van der Waals surface area contributed by atoms with Gasteiger partial charge < -0.3 is 15.0 Å². The first-order valence-corrected chi connectivity index (χ1v) is 7.70. The Morgan fingerprint density at radius 1 is 1.26 bits per heavy atom. The number of rotatable bonds is 4. The molecule has 0 aliphatic carbocycles. The van der Waals surface area contributed by atoms with Gasteiger partial charge in [0.1, 0.15) is 0 Å². The molecule has 0 radical (unpaired) electrons. The molecule has 0 aromatic rings. The Bertz CT molecular complexity index is 289. The minimum Gasteiger partial charge on any atom is -0.379 e. The van der Waals surface area contributed by atoms with Crippen molar-refractivity contribution in [3.05, 3.63) is 0 Å². The molecular formula is C14H28N4O. The zero-order valence-corrected chi connectivity index (χ0v) is 12.4. The van der Waals surface area contributed by atoms with E-state index in [9.17, 15) is 0 Å². The molecule has 1 unspecified atom stereocenters. The standard InChI is InChI=1S/C14H28N4O/c1-3-6-16-14(15-4-2)18-7-5-13(12-18)17-8-10-19-11-9-17/h13H,3-12H2,1-2H3,(H,15,16). The second-order valence-electron chi connectivity index (χ2n) is 5.27. The molecule has 110 valence electrons. The second-order valence-corrected chi connectivity index (χ2v) is 5.27. The summed E-state index contributed by atoms with van der Waals surface area (Å²) in [6, 6.07) is 0.675. The summed E-state index contributed by atoms with van der Waals surface area (Å²) in [5.74, 6) is 1.10. The summed E-state index contributed by atoms with van der Waals surface area (Å²) in [5, 5.41) is 3.42. The number of likely N-dealkylation sites (tertiary alicyclic amines) is 1. The summed E-state index contributed by atoms with van der Waals surface area (Å²) in [6.45, 7) is 12.4. The van der Waals surface area contributed by atoms with Crippen molar-refractivity contribution in [1.82, 2.24) is 15.1 Å². The van der Waals surface area contributed by atoms with E-state index in [4.69, 9.17) is 4.74 Å². The lowest BCUT2D eigenvalue weighted by atomic mass is 10.2. The van der Waals surface area contributed by atoms with Gasteiger partial charge >= 0.3 is 0 Å². The minimum atomic E-state index is 0.675. The summed E-state index contributed by atoms with van der Waals surface area (Å²) >= 11 is 0. The van der Waals surface area contributed by atoms with Crippen LogP contribution >= 0.6 is 0 Å². The summed E-state index contributed by atoms with van der Waals surface area (Å²) in [4.78, 5) is 9.67. The van der Waals surface area contributed by atoms with E-state index in [1.165, 1.54) is 6.42 Å². The van der Waals surface area contributed by atoms with Crippen LogP contribution in [0.3, 0.4) is 0 Å². The first-order chi connectivity index (χ1) is 9.35. The van der Waals surface area contributed by atoms with E-state index in [-0.39, 0.29) is 0 Å². The van der Waals surface area contributed by atoms with Gasteiger partial charge in [0.2, 0.25) is 0 Å². The monoisotopic (exact) mass is 268 g/mol. The molecule has 0 saturated carbocycles. The zero-order chi connectivity index (χ0) is 13.5. The predicted octanol–water partition coefficient (Wildman–Crippen LogP) is 0.768. The first kappa shape index (κ1) is 14.6. The van der Waals surface area contributed by atoms with Crippen LogP contribution in [0.2, 0.25) is 0 Å². The Balaban J connectivity index is 1.87. The van der Waals surface area contributed by atoms with Gasteiger partial charge in [-0.15, -0.1) is 0 Å². The third kappa shape index (κ3) is 4.08. The quantitative estimate of drug-likeness (QED) is 0.604. The Morgan fingerprint density at radius 3 is 2.74 bits per heavy atom. The first-order valence-electron chi connectivity index (χ1n) is 7.70. The number of morpholine rings is 1. The molecule has 0 spiro atoms. The molecule has 2 aliphatic heterocycles. The maximum Gasteiger partial charge on any atom is 0.193 e. The van der Waals surface area contributed by atoms with E-state index in [2.05, 4.69) is 34.0 Å². The highest BCUT2D eigenvalue weighted by Gasteiger charge is 2.30. The Morgan fingerprint density at radius 2 is 2.05 bits per heavy atom. The smallest absolute Gasteiger partial charge is 0.193 e. The van der Waals surface area contributed by atoms with E-state index < -0.39 is 0 Å². The summed E-state index contributed by atoms with van der Waals surface area (Å²) in [5.41, 5.74) is 0. The van der Waals surface area contributed by atoms with Crippen molar-refractivity contribution >= 4 is 5.96 Å². The van der Waals surface area contributed by atoms with Crippen molar-refractivity contribution in [2.45, 2.75) is 32.7 Å². The van der Waals surface area contributed by atoms with E-state index in [0.717, 1.165) is 64.9 Å². The molecule has 2 rings (SSSR count). The van der Waals surface area contributed by atoms with Crippen molar-refractivity contribution in [3.63, 3.8) is 0 Å². The summed E-state index contributed by atoms with van der Waals surface area (Å²) in [7, 11) is 0. The van der Waals surface area contributed by atoms with Crippen molar-refractivity contribution in [2.24, 2.45) is 4.99 Å². The molecule has 0 aromatic carbocycles. The fraction of sp³-hybridized carbons (Fsp3) is 0.929. The highest BCUT2D eigenvalue weighted by molar-refractivity contribution is 5.80. The van der Waals surface area contributed by atoms with Crippen molar-refractivity contribution in [3.8, 4) is 0 Å². The molecule has 19 heavy (non-hydrogen) atoms. The lowest BCUT2D eigenvalue weighted by Gasteiger charge is -2.32. The number of aliphatic imine (C=N–C) groups is 1. The van der Waals surface area contributed by atoms with Crippen LogP contribution in [-0.2, 0) is 4.74 Å². The normalized spacial score (nSPS) is 25.9. The van der Waals surface area contributed by atoms with Gasteiger partial charge in [-0.1, -0.05) is 6.92 Å². The SMILES string of the molecule is CCCN=C(NCC)N1CCC(N2CCOCC2)C1. The third-order valence-electron chi connectivity index (χ3n) is 3.85. The molecule has 5 heteroatoms. The average Bonchev–Trinajstić information content (AvgIpc) is 2.94. The maximum absolute atomic E-state index is 5.43. The van der Waals surface area contributed by atoms with Gasteiger partial charge in [0.15, 0.2) is 5.96 Å². The van der Waals surface area contributed by atoms with E-state index in [1.54, 1.807) is 0 Å². The van der Waals surface area contributed by atoms with Gasteiger partial charge in [-0.2, -0.15) is 0 Å². The van der Waals surface area contributed by atoms with Crippen LogP contribution in [0.5, 0.6) is 0 Å². The molecule has 1 atom stereocenters. The lowest BCUT2D eigenvalue weighted by molar-refractivity contribution is 0.0195. The Hall–Kier alpha value is -0.810. The topological polar surface area (TPSA) is 40.1 Å². The molecule has 0 aromatic heterocycles. The van der Waals surface area contributed by atoms with Crippen LogP contribution in [-0.4, -0.2) is 74.3 Å². The van der Waals surface area contributed by atoms with Gasteiger partial charge in [-0.3, -0.25) is 9.89 Å². The molecule has 2 heterocycles. The molecule has 0 amide bonds. The number of hydrogen-bond acceptors (Lipinski definition) is 3. The van der Waals surface area contributed by atoms with Crippen LogP contribution < -0.4 is 5.32 Å². The van der Waals surface area contributed by atoms with Crippen molar-refractivity contribution in [1.29, 1.82) is 0 Å². The van der Waals surface area contributed by atoms with Crippen molar-refractivity contribution in [2.75, 3.05) is 52.5 Å². The molecule has 5 nitrogen and oxygen atoms in total. The Labute approximate surface area is 117 Å². The minimum absolute atomic E-state index is 0.675. The van der Waals surface area contributed by atoms with Crippen LogP contribution in [0.4, 0.5) is 0 Å². The molecule has 0 bridgehead atoms. The maximum atomic E-state index is 5.43. The number of guanidine groups is 1. The summed E-state index contributed by atoms with van der Waals surface area (Å²) in [6.07, 6.45) is 2.35. The van der Waals surface area contributed by atoms with E-state index in [1.807, 2.05) is 0 Å². The van der Waals surface area contributed by atoms with Gasteiger partial charge in [0, 0.05) is 45.3 Å². The van der Waals surface area contributed by atoms with Gasteiger partial charge in [-0.25, -0.2) is 0 Å². The van der Waals surface area contributed by atoms with E-state index in [0.29, 0.717) is 6.04 Å². The number of nitrogens with zero attached hydrogens (tertiary/aromatic N) is 3. The van der Waals surface area contributed by atoms with Crippen LogP contribution in [0, 0.1) is 0 Å². The Kier molecular flexibility index (Phi) is 5.92. The largest absolute Gasteiger partial charge is 0.379 e. The highest BCUT2D eigenvalue weighted by Crippen LogP contribution is 2.17. The number of hydrogen-bond donors (Lipinski definition) is 1.